The van der Waals surface area contributed by atoms with Crippen LogP contribution in [-0.4, -0.2) is 36.2 Å². The molecule has 2 aliphatic rings. The minimum Gasteiger partial charge on any atom is -0.458 e. The van der Waals surface area contributed by atoms with Crippen LogP contribution in [0.1, 0.15) is 52.1 Å². The molecule has 2 atom stereocenters. The Morgan fingerprint density at radius 3 is 2.75 bits per heavy atom. The molecule has 36 heavy (non-hydrogen) atoms. The lowest BCUT2D eigenvalue weighted by Gasteiger charge is -2.28. The van der Waals surface area contributed by atoms with Crippen LogP contribution in [0.5, 0.6) is 0 Å². The van der Waals surface area contributed by atoms with Gasteiger partial charge in [-0.15, -0.1) is 0 Å². The van der Waals surface area contributed by atoms with Gasteiger partial charge < -0.3 is 15.4 Å². The van der Waals surface area contributed by atoms with Gasteiger partial charge in [-0.05, 0) is 95.0 Å². The number of piperidine rings is 1. The highest BCUT2D eigenvalue weighted by molar-refractivity contribution is 5.96. The molecule has 2 N–H and O–H groups in total. The molecule has 5 rings (SSSR count). The van der Waals surface area contributed by atoms with Crippen LogP contribution in [0.15, 0.2) is 59.6 Å². The Bertz CT molecular complexity index is 1330. The third-order valence-corrected chi connectivity index (χ3v) is 6.92. The lowest BCUT2D eigenvalue weighted by atomic mass is 9.93. The summed E-state index contributed by atoms with van der Waals surface area (Å²) >= 11 is 0. The molecule has 188 valence electrons. The summed E-state index contributed by atoms with van der Waals surface area (Å²) in [5.41, 5.74) is 0.404. The molecule has 0 radical (unpaired) electrons. The van der Waals surface area contributed by atoms with Gasteiger partial charge in [0.15, 0.2) is 0 Å². The van der Waals surface area contributed by atoms with Gasteiger partial charge in [0, 0.05) is 17.6 Å². The summed E-state index contributed by atoms with van der Waals surface area (Å²) in [5, 5.41) is 9.88. The van der Waals surface area contributed by atoms with Gasteiger partial charge >= 0.3 is 5.97 Å². The molecular formula is C30H36N4O2. The highest BCUT2D eigenvalue weighted by atomic mass is 16.6. The van der Waals surface area contributed by atoms with Crippen molar-refractivity contribution in [2.75, 3.05) is 25.0 Å². The summed E-state index contributed by atoms with van der Waals surface area (Å²) in [6.07, 6.45) is 6.78. The maximum atomic E-state index is 13.7. The minimum absolute atomic E-state index is 0.412. The molecule has 1 fully saturated rings. The van der Waals surface area contributed by atoms with Crippen molar-refractivity contribution in [3.8, 4) is 0 Å². The zero-order valence-corrected chi connectivity index (χ0v) is 21.5. The molecule has 0 saturated carbocycles. The number of benzene rings is 2. The van der Waals surface area contributed by atoms with E-state index in [9.17, 15) is 4.79 Å². The number of carbonyl (C=O) groups excluding carboxylic acids is 1. The van der Waals surface area contributed by atoms with Crippen molar-refractivity contribution in [1.29, 1.82) is 0 Å². The Labute approximate surface area is 212 Å². The molecule has 1 saturated heterocycles. The molecule has 0 bridgehead atoms. The summed E-state index contributed by atoms with van der Waals surface area (Å²) in [6.45, 7) is 8.77. The fourth-order valence-electron chi connectivity index (χ4n) is 5.16. The van der Waals surface area contributed by atoms with Crippen molar-refractivity contribution in [3.63, 3.8) is 0 Å². The van der Waals surface area contributed by atoms with E-state index in [0.717, 1.165) is 59.1 Å². The minimum atomic E-state index is -1.33. The number of fused-ring (bicyclic) bond motifs is 2. The number of nitrogens with zero attached hydrogens (tertiary/aromatic N) is 2. The molecule has 0 amide bonds. The van der Waals surface area contributed by atoms with Crippen LogP contribution in [0.2, 0.25) is 0 Å². The summed E-state index contributed by atoms with van der Waals surface area (Å²) < 4.78 is 5.90. The Hall–Kier alpha value is -3.25. The maximum absolute atomic E-state index is 13.7. The van der Waals surface area contributed by atoms with Crippen molar-refractivity contribution in [1.82, 2.24) is 10.3 Å². The van der Waals surface area contributed by atoms with Gasteiger partial charge in [0.25, 0.3) is 0 Å². The second-order valence-corrected chi connectivity index (χ2v) is 10.9. The normalized spacial score (nSPS) is 21.4. The van der Waals surface area contributed by atoms with Crippen molar-refractivity contribution in [2.45, 2.75) is 57.6 Å². The van der Waals surface area contributed by atoms with Crippen LogP contribution in [0, 0.1) is 5.92 Å². The molecule has 6 heteroatoms. The number of pyridine rings is 1. The molecule has 3 heterocycles. The zero-order chi connectivity index (χ0) is 25.2. The summed E-state index contributed by atoms with van der Waals surface area (Å²) in [6, 6.07) is 17.8. The van der Waals surface area contributed by atoms with Crippen LogP contribution in [0.3, 0.4) is 0 Å². The van der Waals surface area contributed by atoms with Crippen LogP contribution < -0.4 is 21.2 Å². The quantitative estimate of drug-likeness (QED) is 0.391. The first-order valence-electron chi connectivity index (χ1n) is 13.1. The number of nitrogens with one attached hydrogen (secondary N) is 2. The van der Waals surface area contributed by atoms with Gasteiger partial charge in [-0.1, -0.05) is 36.4 Å². The number of para-hydroxylation sites is 2. The first-order chi connectivity index (χ1) is 17.3. The van der Waals surface area contributed by atoms with Crippen molar-refractivity contribution in [2.24, 2.45) is 10.9 Å². The lowest BCUT2D eigenvalue weighted by Crippen LogP contribution is -2.38. The molecular weight excluding hydrogens is 448 g/mol. The maximum Gasteiger partial charge on any atom is 0.344 e. The molecule has 0 spiro atoms. The highest BCUT2D eigenvalue weighted by Gasteiger charge is 2.45. The largest absolute Gasteiger partial charge is 0.458 e. The van der Waals surface area contributed by atoms with Gasteiger partial charge in [-0.25, -0.2) is 9.78 Å². The number of anilines is 1. The van der Waals surface area contributed by atoms with Gasteiger partial charge in [0.05, 0.1) is 16.6 Å². The molecule has 2 aromatic carbocycles. The molecule has 1 aromatic heterocycles. The summed E-state index contributed by atoms with van der Waals surface area (Å²) in [7, 11) is 0. The average Bonchev–Trinajstić information content (AvgIpc) is 3.27. The number of esters is 1. The monoisotopic (exact) mass is 484 g/mol. The highest BCUT2D eigenvalue weighted by Crippen LogP contribution is 2.35. The SMILES string of the molecule is CC(C)(C)OC(=O)C1(c2cc(NCCCC3CCCNC3)c3ccccc3n2)C=c2ccccc2=N1. The van der Waals surface area contributed by atoms with E-state index in [4.69, 9.17) is 14.7 Å². The molecule has 0 aliphatic carbocycles. The fourth-order valence-corrected chi connectivity index (χ4v) is 5.16. The van der Waals surface area contributed by atoms with Gasteiger partial charge in [0.2, 0.25) is 5.54 Å². The topological polar surface area (TPSA) is 75.6 Å². The first kappa shape index (κ1) is 24.4. The predicted molar refractivity (Wildman–Crippen MR) is 144 cm³/mol. The van der Waals surface area contributed by atoms with E-state index in [2.05, 4.69) is 16.7 Å². The number of hydrogen-bond donors (Lipinski definition) is 2. The summed E-state index contributed by atoms with van der Waals surface area (Å²) in [5.74, 6) is 0.343. The van der Waals surface area contributed by atoms with Crippen molar-refractivity contribution in [3.05, 3.63) is 70.9 Å². The number of hydrogen-bond acceptors (Lipinski definition) is 6. The van der Waals surface area contributed by atoms with Gasteiger partial charge in [-0.2, -0.15) is 0 Å². The number of ether oxygens (including phenoxy) is 1. The van der Waals surface area contributed by atoms with E-state index in [1.54, 1.807) is 0 Å². The van der Waals surface area contributed by atoms with Crippen LogP contribution in [0.25, 0.3) is 17.0 Å². The van der Waals surface area contributed by atoms with E-state index in [0.29, 0.717) is 5.69 Å². The van der Waals surface area contributed by atoms with Gasteiger partial charge in [0.1, 0.15) is 5.60 Å². The molecule has 3 aromatic rings. The number of aromatic nitrogens is 1. The predicted octanol–water partition coefficient (Wildman–Crippen LogP) is 4.08. The number of rotatable bonds is 7. The van der Waals surface area contributed by atoms with E-state index in [1.807, 2.05) is 75.4 Å². The van der Waals surface area contributed by atoms with Crippen LogP contribution >= 0.6 is 0 Å². The van der Waals surface area contributed by atoms with Crippen LogP contribution in [-0.2, 0) is 15.1 Å². The Kier molecular flexibility index (Phi) is 6.80. The standard InChI is InChI=1S/C30H36N4O2/c1-29(2,3)36-28(35)30(19-22-12-4-6-14-24(22)34-30)27-18-26(23-13-5-7-15-25(23)33-27)32-17-9-11-21-10-8-16-31-20-21/h4-7,12-15,18-19,21,31H,8-11,16-17,20H2,1-3H3,(H,32,33). The molecule has 2 unspecified atom stereocenters. The second-order valence-electron chi connectivity index (χ2n) is 10.9. The molecule has 6 nitrogen and oxygen atoms in total. The third-order valence-electron chi connectivity index (χ3n) is 6.92. The van der Waals surface area contributed by atoms with E-state index < -0.39 is 17.1 Å². The third kappa shape index (κ3) is 5.14. The number of carbonyl (C=O) groups is 1. The fraction of sp³-hybridized carbons (Fsp3) is 0.433. The van der Waals surface area contributed by atoms with E-state index in [1.165, 1.54) is 19.3 Å². The second kappa shape index (κ2) is 10.0. The first-order valence-corrected chi connectivity index (χ1v) is 13.1. The Morgan fingerprint density at radius 1 is 1.17 bits per heavy atom. The smallest absolute Gasteiger partial charge is 0.344 e. The average molecular weight is 485 g/mol. The van der Waals surface area contributed by atoms with Gasteiger partial charge in [-0.3, -0.25) is 4.99 Å². The van der Waals surface area contributed by atoms with Crippen LogP contribution in [0.4, 0.5) is 5.69 Å². The molecule has 2 aliphatic heterocycles. The Balaban J connectivity index is 1.50. The van der Waals surface area contributed by atoms with Crippen molar-refractivity contribution < 1.29 is 9.53 Å². The summed E-state index contributed by atoms with van der Waals surface area (Å²) in [4.78, 5) is 23.6. The van der Waals surface area contributed by atoms with Crippen molar-refractivity contribution >= 4 is 28.6 Å². The Morgan fingerprint density at radius 2 is 1.97 bits per heavy atom. The van der Waals surface area contributed by atoms with E-state index in [-0.39, 0.29) is 0 Å². The van der Waals surface area contributed by atoms with E-state index >= 15 is 0 Å². The zero-order valence-electron chi connectivity index (χ0n) is 21.5. The lowest BCUT2D eigenvalue weighted by molar-refractivity contribution is -0.159.